The molecule has 1 aromatic rings. The normalized spacial score (nSPS) is 18.3. The third-order valence-corrected chi connectivity index (χ3v) is 3.60. The molecule has 2 heterocycles. The summed E-state index contributed by atoms with van der Waals surface area (Å²) < 4.78 is 5.35. The third kappa shape index (κ3) is 6.48. The molecule has 1 aliphatic rings. The second kappa shape index (κ2) is 9.71. The molecule has 25 heavy (non-hydrogen) atoms. The fourth-order valence-electron chi connectivity index (χ4n) is 2.26. The first-order valence-electron chi connectivity index (χ1n) is 8.24. The number of carbonyl (C=O) groups excluding carboxylic acids is 1. The number of pyridine rings is 1. The zero-order valence-electron chi connectivity index (χ0n) is 14.1. The first-order chi connectivity index (χ1) is 12.1. The Morgan fingerprint density at radius 1 is 1.40 bits per heavy atom. The molecule has 1 amide bonds. The highest BCUT2D eigenvalue weighted by Crippen LogP contribution is 2.12. The van der Waals surface area contributed by atoms with Gasteiger partial charge in [-0.1, -0.05) is 13.0 Å². The van der Waals surface area contributed by atoms with Gasteiger partial charge in [0.05, 0.1) is 11.4 Å². The van der Waals surface area contributed by atoms with Crippen LogP contribution in [0, 0.1) is 0 Å². The average molecular weight is 346 g/mol. The molecule has 2 N–H and O–H groups in total. The van der Waals surface area contributed by atoms with Gasteiger partial charge in [-0.05, 0) is 43.5 Å². The van der Waals surface area contributed by atoms with Crippen LogP contribution in [0.4, 0.5) is 0 Å². The van der Waals surface area contributed by atoms with Gasteiger partial charge in [0.1, 0.15) is 0 Å². The summed E-state index contributed by atoms with van der Waals surface area (Å²) in [7, 11) is 0. The summed E-state index contributed by atoms with van der Waals surface area (Å²) in [6.45, 7) is 2.40. The van der Waals surface area contributed by atoms with Crippen molar-refractivity contribution in [3.05, 3.63) is 41.2 Å². The van der Waals surface area contributed by atoms with Crippen LogP contribution in [0.5, 0.6) is 0 Å². The number of carboxylic acid groups (broad SMARTS) is 1. The standard InChI is InChI=1S/C18H22N2O5/c1-2-13(18(22)23)12-15-7-5-6-14(19-15)9-10-16(21)20-25-17-8-3-4-11-24-17/h5-7,9-10,12,17H,2-4,8,11H2,1H3,(H,20,21)(H,22,23). The molecule has 7 nitrogen and oxygen atoms in total. The number of rotatable bonds is 7. The summed E-state index contributed by atoms with van der Waals surface area (Å²) in [5, 5.41) is 9.06. The summed E-state index contributed by atoms with van der Waals surface area (Å²) in [5.41, 5.74) is 3.66. The molecule has 2 rings (SSSR count). The zero-order valence-corrected chi connectivity index (χ0v) is 14.1. The minimum Gasteiger partial charge on any atom is -0.478 e. The molecular formula is C18H22N2O5. The maximum absolute atomic E-state index is 11.8. The molecule has 1 atom stereocenters. The first kappa shape index (κ1) is 18.8. The van der Waals surface area contributed by atoms with Gasteiger partial charge in [-0.15, -0.1) is 0 Å². The van der Waals surface area contributed by atoms with E-state index in [1.165, 1.54) is 18.2 Å². The number of ether oxygens (including phenoxy) is 1. The molecule has 1 aromatic heterocycles. The average Bonchev–Trinajstić information content (AvgIpc) is 2.63. The Morgan fingerprint density at radius 2 is 2.20 bits per heavy atom. The molecule has 0 aromatic carbocycles. The van der Waals surface area contributed by atoms with Gasteiger partial charge in [-0.2, -0.15) is 0 Å². The van der Waals surface area contributed by atoms with Crippen molar-refractivity contribution in [2.45, 2.75) is 38.9 Å². The van der Waals surface area contributed by atoms with Gasteiger partial charge < -0.3 is 9.84 Å². The number of aliphatic carboxylic acids is 1. The van der Waals surface area contributed by atoms with Crippen LogP contribution in [0.15, 0.2) is 29.8 Å². The Morgan fingerprint density at radius 3 is 2.88 bits per heavy atom. The predicted molar refractivity (Wildman–Crippen MR) is 92.0 cm³/mol. The summed E-state index contributed by atoms with van der Waals surface area (Å²) in [4.78, 5) is 32.3. The molecule has 0 bridgehead atoms. The van der Waals surface area contributed by atoms with Gasteiger partial charge in [0.25, 0.3) is 5.91 Å². The van der Waals surface area contributed by atoms with E-state index in [-0.39, 0.29) is 5.57 Å². The van der Waals surface area contributed by atoms with Crippen molar-refractivity contribution in [2.24, 2.45) is 0 Å². The molecular weight excluding hydrogens is 324 g/mol. The lowest BCUT2D eigenvalue weighted by Gasteiger charge is -2.21. The molecule has 134 valence electrons. The molecule has 7 heteroatoms. The topological polar surface area (TPSA) is 97.8 Å². The van der Waals surface area contributed by atoms with Crippen LogP contribution in [0.3, 0.4) is 0 Å². The number of hydrogen-bond acceptors (Lipinski definition) is 5. The molecule has 0 spiro atoms. The fourth-order valence-corrected chi connectivity index (χ4v) is 2.26. The quantitative estimate of drug-likeness (QED) is 0.582. The lowest BCUT2D eigenvalue weighted by atomic mass is 10.1. The Kier molecular flexibility index (Phi) is 7.31. The van der Waals surface area contributed by atoms with Crippen molar-refractivity contribution in [3.63, 3.8) is 0 Å². The van der Waals surface area contributed by atoms with E-state index in [4.69, 9.17) is 14.7 Å². The van der Waals surface area contributed by atoms with E-state index >= 15 is 0 Å². The Hall–Kier alpha value is -2.51. The Labute approximate surface area is 146 Å². The molecule has 1 unspecified atom stereocenters. The first-order valence-corrected chi connectivity index (χ1v) is 8.24. The van der Waals surface area contributed by atoms with Crippen LogP contribution < -0.4 is 5.48 Å². The number of nitrogens with zero attached hydrogens (tertiary/aromatic N) is 1. The Bertz CT molecular complexity index is 663. The van der Waals surface area contributed by atoms with Crippen molar-refractivity contribution < 1.29 is 24.3 Å². The van der Waals surface area contributed by atoms with Gasteiger partial charge in [0.2, 0.25) is 0 Å². The monoisotopic (exact) mass is 346 g/mol. The van der Waals surface area contributed by atoms with E-state index in [0.29, 0.717) is 24.4 Å². The van der Waals surface area contributed by atoms with Crippen LogP contribution in [0.2, 0.25) is 0 Å². The van der Waals surface area contributed by atoms with E-state index in [9.17, 15) is 9.59 Å². The second-order valence-corrected chi connectivity index (χ2v) is 5.53. The van der Waals surface area contributed by atoms with E-state index in [1.54, 1.807) is 25.1 Å². The number of nitrogens with one attached hydrogen (secondary N) is 1. The van der Waals surface area contributed by atoms with Crippen LogP contribution in [0.25, 0.3) is 12.2 Å². The molecule has 0 radical (unpaired) electrons. The van der Waals surface area contributed by atoms with Crippen molar-refractivity contribution in [2.75, 3.05) is 6.61 Å². The number of hydroxylamine groups is 1. The highest BCUT2D eigenvalue weighted by atomic mass is 16.8. The van der Waals surface area contributed by atoms with E-state index in [0.717, 1.165) is 19.3 Å². The number of carbonyl (C=O) groups is 2. The number of aromatic nitrogens is 1. The highest BCUT2D eigenvalue weighted by Gasteiger charge is 2.14. The maximum Gasteiger partial charge on any atom is 0.331 e. The summed E-state index contributed by atoms with van der Waals surface area (Å²) in [5.74, 6) is -1.39. The summed E-state index contributed by atoms with van der Waals surface area (Å²) in [6, 6.07) is 5.18. The van der Waals surface area contributed by atoms with Crippen LogP contribution in [0.1, 0.15) is 44.0 Å². The molecule has 1 saturated heterocycles. The minimum absolute atomic E-state index is 0.271. The van der Waals surface area contributed by atoms with Crippen molar-refractivity contribution in [1.82, 2.24) is 10.5 Å². The fraction of sp³-hybridized carbons (Fsp3) is 0.389. The molecule has 0 aliphatic carbocycles. The van der Waals surface area contributed by atoms with Gasteiger partial charge >= 0.3 is 5.97 Å². The van der Waals surface area contributed by atoms with Crippen LogP contribution in [-0.2, 0) is 19.2 Å². The summed E-state index contributed by atoms with van der Waals surface area (Å²) in [6.07, 6.45) is 7.12. The largest absolute Gasteiger partial charge is 0.478 e. The zero-order chi connectivity index (χ0) is 18.1. The maximum atomic E-state index is 11.8. The van der Waals surface area contributed by atoms with Gasteiger partial charge in [0, 0.05) is 24.7 Å². The predicted octanol–water partition coefficient (Wildman–Crippen LogP) is 2.55. The van der Waals surface area contributed by atoms with Crippen molar-refractivity contribution >= 4 is 24.0 Å². The smallest absolute Gasteiger partial charge is 0.331 e. The number of hydrogen-bond donors (Lipinski definition) is 2. The third-order valence-electron chi connectivity index (χ3n) is 3.60. The molecule has 1 aliphatic heterocycles. The van der Waals surface area contributed by atoms with E-state index < -0.39 is 18.2 Å². The second-order valence-electron chi connectivity index (χ2n) is 5.53. The van der Waals surface area contributed by atoms with Crippen molar-refractivity contribution in [1.29, 1.82) is 0 Å². The lowest BCUT2D eigenvalue weighted by Crippen LogP contribution is -2.32. The van der Waals surface area contributed by atoms with Crippen LogP contribution >= 0.6 is 0 Å². The Balaban J connectivity index is 1.92. The van der Waals surface area contributed by atoms with Gasteiger partial charge in [0.15, 0.2) is 6.29 Å². The number of carboxylic acids is 1. The lowest BCUT2D eigenvalue weighted by molar-refractivity contribution is -0.198. The highest BCUT2D eigenvalue weighted by molar-refractivity contribution is 5.92. The number of amides is 1. The van der Waals surface area contributed by atoms with E-state index in [1.807, 2.05) is 0 Å². The minimum atomic E-state index is -0.966. The molecule has 0 saturated carbocycles. The van der Waals surface area contributed by atoms with Crippen molar-refractivity contribution in [3.8, 4) is 0 Å². The van der Waals surface area contributed by atoms with E-state index in [2.05, 4.69) is 10.5 Å². The van der Waals surface area contributed by atoms with Gasteiger partial charge in [-0.25, -0.2) is 20.1 Å². The van der Waals surface area contributed by atoms with Crippen LogP contribution in [-0.4, -0.2) is 34.9 Å². The van der Waals surface area contributed by atoms with Gasteiger partial charge in [-0.3, -0.25) is 4.79 Å². The molecule has 1 fully saturated rings. The summed E-state index contributed by atoms with van der Waals surface area (Å²) >= 11 is 0. The SMILES string of the molecule is CCC(=Cc1cccc(C=CC(=O)NOC2CCCCO2)n1)C(=O)O.